The zero-order valence-corrected chi connectivity index (χ0v) is 10.2. The molecule has 0 spiro atoms. The molecule has 0 bridgehead atoms. The first-order valence-corrected chi connectivity index (χ1v) is 5.43. The molecule has 0 atom stereocenters. The second-order valence-corrected chi connectivity index (χ2v) is 3.66. The van der Waals surface area contributed by atoms with Crippen LogP contribution in [0.2, 0.25) is 0 Å². The van der Waals surface area contributed by atoms with Crippen LogP contribution >= 0.6 is 0 Å². The number of aromatic nitrogens is 2. The van der Waals surface area contributed by atoms with Crippen molar-refractivity contribution in [1.82, 2.24) is 9.97 Å². The maximum Gasteiger partial charge on any atom is 0.222 e. The quantitative estimate of drug-likeness (QED) is 0.896. The molecule has 0 unspecified atom stereocenters. The minimum atomic E-state index is -0.176. The highest BCUT2D eigenvalue weighted by molar-refractivity contribution is 5.91. The van der Waals surface area contributed by atoms with Crippen molar-refractivity contribution in [3.63, 3.8) is 0 Å². The molecule has 92 valence electrons. The van der Waals surface area contributed by atoms with Crippen LogP contribution in [0.15, 0.2) is 36.7 Å². The predicted octanol–water partition coefficient (Wildman–Crippen LogP) is 2.11. The van der Waals surface area contributed by atoms with Crippen LogP contribution in [-0.2, 0) is 4.79 Å². The van der Waals surface area contributed by atoms with Crippen LogP contribution in [0, 0.1) is 0 Å². The molecule has 2 aromatic rings. The lowest BCUT2D eigenvalue weighted by Crippen LogP contribution is -2.09. The van der Waals surface area contributed by atoms with Gasteiger partial charge in [0.2, 0.25) is 5.91 Å². The fourth-order valence-corrected chi connectivity index (χ4v) is 1.56. The first kappa shape index (κ1) is 12.0. The Labute approximate surface area is 105 Å². The van der Waals surface area contributed by atoms with E-state index in [0.29, 0.717) is 11.5 Å². The average Bonchev–Trinajstić information content (AvgIpc) is 2.39. The molecule has 18 heavy (non-hydrogen) atoms. The summed E-state index contributed by atoms with van der Waals surface area (Å²) in [5.41, 5.74) is 1.50. The number of carbonyl (C=O) groups is 1. The summed E-state index contributed by atoms with van der Waals surface area (Å²) < 4.78 is 5.09. The predicted molar refractivity (Wildman–Crippen MR) is 68.3 cm³/mol. The molecule has 2 rings (SSSR count). The number of carbonyl (C=O) groups excluding carboxylic acids is 1. The first-order valence-electron chi connectivity index (χ1n) is 5.43. The summed E-state index contributed by atoms with van der Waals surface area (Å²) in [7, 11) is 1.61. The summed E-state index contributed by atoms with van der Waals surface area (Å²) in [5.74, 6) is 1.05. The van der Waals surface area contributed by atoms with Gasteiger partial charge in [-0.2, -0.15) is 0 Å². The molecule has 1 N–H and O–H groups in total. The molecule has 0 aliphatic rings. The molecular formula is C13H13N3O2. The molecule has 0 saturated heterocycles. The first-order chi connectivity index (χ1) is 8.70. The Kier molecular flexibility index (Phi) is 3.52. The minimum Gasteiger partial charge on any atom is -0.497 e. The summed E-state index contributed by atoms with van der Waals surface area (Å²) >= 11 is 0. The van der Waals surface area contributed by atoms with Gasteiger partial charge in [0.1, 0.15) is 11.4 Å². The molecule has 1 aromatic heterocycles. The second kappa shape index (κ2) is 5.27. The van der Waals surface area contributed by atoms with Gasteiger partial charge in [-0.05, 0) is 24.3 Å². The van der Waals surface area contributed by atoms with E-state index in [1.54, 1.807) is 13.3 Å². The lowest BCUT2D eigenvalue weighted by Gasteiger charge is -2.08. The van der Waals surface area contributed by atoms with E-state index in [0.717, 1.165) is 11.3 Å². The number of amides is 1. The van der Waals surface area contributed by atoms with Crippen molar-refractivity contribution in [2.24, 2.45) is 0 Å². The van der Waals surface area contributed by atoms with Crippen molar-refractivity contribution >= 4 is 11.7 Å². The molecule has 1 aromatic carbocycles. The maximum atomic E-state index is 11.1. The topological polar surface area (TPSA) is 64.1 Å². The number of rotatable bonds is 3. The number of benzene rings is 1. The number of ether oxygens (including phenoxy) is 1. The third-order valence-electron chi connectivity index (χ3n) is 2.36. The number of nitrogens with one attached hydrogen (secondary N) is 1. The van der Waals surface area contributed by atoms with E-state index in [9.17, 15) is 4.79 Å². The van der Waals surface area contributed by atoms with Crippen molar-refractivity contribution in [1.29, 1.82) is 0 Å². The van der Waals surface area contributed by atoms with E-state index in [4.69, 9.17) is 4.74 Å². The summed E-state index contributed by atoms with van der Waals surface area (Å²) in [4.78, 5) is 19.4. The van der Waals surface area contributed by atoms with E-state index in [-0.39, 0.29) is 5.91 Å². The lowest BCUT2D eigenvalue weighted by atomic mass is 10.1. The third kappa shape index (κ3) is 2.63. The zero-order chi connectivity index (χ0) is 13.0. The Morgan fingerprint density at radius 3 is 2.44 bits per heavy atom. The summed E-state index contributed by atoms with van der Waals surface area (Å²) in [6.45, 7) is 1.44. The number of nitrogens with zero attached hydrogens (tertiary/aromatic N) is 2. The molecule has 0 saturated carbocycles. The van der Waals surface area contributed by atoms with Gasteiger partial charge >= 0.3 is 0 Å². The molecule has 1 amide bonds. The van der Waals surface area contributed by atoms with Crippen LogP contribution in [0.1, 0.15) is 6.92 Å². The molecule has 1 heterocycles. The van der Waals surface area contributed by atoms with Gasteiger partial charge in [0, 0.05) is 24.9 Å². The fourth-order valence-electron chi connectivity index (χ4n) is 1.56. The van der Waals surface area contributed by atoms with Gasteiger partial charge in [-0.25, -0.2) is 4.98 Å². The van der Waals surface area contributed by atoms with Gasteiger partial charge in [-0.15, -0.1) is 0 Å². The van der Waals surface area contributed by atoms with Gasteiger partial charge in [0.25, 0.3) is 0 Å². The molecule has 5 nitrogen and oxygen atoms in total. The molecule has 0 aliphatic carbocycles. The van der Waals surface area contributed by atoms with Gasteiger partial charge in [0.15, 0.2) is 5.82 Å². The van der Waals surface area contributed by atoms with E-state index in [2.05, 4.69) is 15.3 Å². The van der Waals surface area contributed by atoms with Crippen molar-refractivity contribution in [3.05, 3.63) is 36.7 Å². The average molecular weight is 243 g/mol. The molecule has 0 aliphatic heterocycles. The van der Waals surface area contributed by atoms with Crippen LogP contribution in [-0.4, -0.2) is 23.0 Å². The van der Waals surface area contributed by atoms with E-state index < -0.39 is 0 Å². The SMILES string of the molecule is COc1ccc(-c2nccnc2NC(C)=O)cc1. The molecule has 5 heteroatoms. The zero-order valence-electron chi connectivity index (χ0n) is 10.2. The highest BCUT2D eigenvalue weighted by Crippen LogP contribution is 2.25. The summed E-state index contributed by atoms with van der Waals surface area (Å²) in [6.07, 6.45) is 3.13. The van der Waals surface area contributed by atoms with Gasteiger partial charge in [0.05, 0.1) is 7.11 Å². The Balaban J connectivity index is 2.39. The molecule has 0 radical (unpaired) electrons. The number of hydrogen-bond acceptors (Lipinski definition) is 4. The standard InChI is InChI=1S/C13H13N3O2/c1-9(17)16-13-12(14-7-8-15-13)10-3-5-11(18-2)6-4-10/h3-8H,1-2H3,(H,15,16,17). The number of methoxy groups -OCH3 is 1. The van der Waals surface area contributed by atoms with Gasteiger partial charge in [-0.3, -0.25) is 9.78 Å². The third-order valence-corrected chi connectivity index (χ3v) is 2.36. The largest absolute Gasteiger partial charge is 0.497 e. The Morgan fingerprint density at radius 1 is 1.17 bits per heavy atom. The van der Waals surface area contributed by atoms with Crippen molar-refractivity contribution in [2.75, 3.05) is 12.4 Å². The monoisotopic (exact) mass is 243 g/mol. The highest BCUT2D eigenvalue weighted by atomic mass is 16.5. The normalized spacial score (nSPS) is 9.89. The van der Waals surface area contributed by atoms with Crippen LogP contribution in [0.3, 0.4) is 0 Å². The maximum absolute atomic E-state index is 11.1. The summed E-state index contributed by atoms with van der Waals surface area (Å²) in [6, 6.07) is 7.41. The van der Waals surface area contributed by atoms with Crippen molar-refractivity contribution in [2.45, 2.75) is 6.92 Å². The Hall–Kier alpha value is -2.43. The number of hydrogen-bond donors (Lipinski definition) is 1. The van der Waals surface area contributed by atoms with Crippen LogP contribution in [0.5, 0.6) is 5.75 Å². The van der Waals surface area contributed by atoms with Gasteiger partial charge in [-0.1, -0.05) is 0 Å². The second-order valence-electron chi connectivity index (χ2n) is 3.66. The minimum absolute atomic E-state index is 0.176. The van der Waals surface area contributed by atoms with Crippen LogP contribution in [0.4, 0.5) is 5.82 Å². The van der Waals surface area contributed by atoms with Crippen molar-refractivity contribution in [3.8, 4) is 17.0 Å². The van der Waals surface area contributed by atoms with Crippen molar-refractivity contribution < 1.29 is 9.53 Å². The molecule has 0 fully saturated rings. The van der Waals surface area contributed by atoms with E-state index >= 15 is 0 Å². The van der Waals surface area contributed by atoms with Gasteiger partial charge < -0.3 is 10.1 Å². The van der Waals surface area contributed by atoms with E-state index in [1.165, 1.54) is 13.1 Å². The smallest absolute Gasteiger partial charge is 0.222 e. The Bertz CT molecular complexity index is 552. The van der Waals surface area contributed by atoms with Crippen LogP contribution in [0.25, 0.3) is 11.3 Å². The Morgan fingerprint density at radius 2 is 1.83 bits per heavy atom. The fraction of sp³-hybridized carbons (Fsp3) is 0.154. The lowest BCUT2D eigenvalue weighted by molar-refractivity contribution is -0.114. The van der Waals surface area contributed by atoms with E-state index in [1.807, 2.05) is 24.3 Å². The number of anilines is 1. The molecular weight excluding hydrogens is 230 g/mol. The highest BCUT2D eigenvalue weighted by Gasteiger charge is 2.08. The van der Waals surface area contributed by atoms with Crippen LogP contribution < -0.4 is 10.1 Å². The summed E-state index contributed by atoms with van der Waals surface area (Å²) in [5, 5.41) is 2.66.